The zero-order chi connectivity index (χ0) is 33.8. The number of carbonyl (C=O) groups is 1. The Morgan fingerprint density at radius 3 is 2.13 bits per heavy atom. The summed E-state index contributed by atoms with van der Waals surface area (Å²) in [7, 11) is -3.38. The highest BCUT2D eigenvalue weighted by molar-refractivity contribution is 6.83. The third-order valence-electron chi connectivity index (χ3n) is 15.2. The minimum Gasteiger partial charge on any atom is -0.416 e. The molecule has 3 saturated carbocycles. The maximum Gasteiger partial charge on any atom is 0.192 e. The predicted molar refractivity (Wildman–Crippen MR) is 197 cm³/mol. The van der Waals surface area contributed by atoms with Crippen molar-refractivity contribution in [3.8, 4) is 11.5 Å². The van der Waals surface area contributed by atoms with Gasteiger partial charge in [0.1, 0.15) is 8.07 Å². The molecule has 0 unspecified atom stereocenters. The Bertz CT molecular complexity index is 1360. The van der Waals surface area contributed by atoms with Gasteiger partial charge in [-0.05, 0) is 109 Å². The van der Waals surface area contributed by atoms with Crippen LogP contribution in [0.2, 0.25) is 37.8 Å². The van der Waals surface area contributed by atoms with Crippen LogP contribution in [0.5, 0.6) is 0 Å². The molecule has 2 nitrogen and oxygen atoms in total. The number of carbonyl (C=O) groups excluding carboxylic acids is 1. The van der Waals surface area contributed by atoms with E-state index >= 15 is 0 Å². The molecule has 7 atom stereocenters. The normalized spacial score (nSPS) is 39.8. The van der Waals surface area contributed by atoms with Gasteiger partial charge in [-0.3, -0.25) is 4.79 Å². The van der Waals surface area contributed by atoms with E-state index in [1.54, 1.807) is 5.57 Å². The summed E-state index contributed by atoms with van der Waals surface area (Å²) < 4.78 is 7.06. The van der Waals surface area contributed by atoms with Crippen LogP contribution in [0.15, 0.2) is 22.8 Å². The molecule has 4 heteroatoms. The fraction of sp³-hybridized carbons (Fsp3) is 0.829. The first-order valence-electron chi connectivity index (χ1n) is 18.5. The standard InChI is InChI=1S/C41H68O2Si2/c1-28(2)34-31(42)26-41(27-43-45(14,15)36(3,4)5)24-23-39(9)30(35(34)41)16-17-33-38(8)21-18-29(20-25-44(11,12)13)37(6,7)32(38)19-22-40(33,39)10/h18,28,30,32-33H,16-17,19,21-24,26-27H2,1-15H3/t30-,32+,33-,38+,39-,40-,41+/m1/s1. The lowest BCUT2D eigenvalue weighted by Crippen LogP contribution is -2.64. The highest BCUT2D eigenvalue weighted by atomic mass is 28.4. The van der Waals surface area contributed by atoms with Crippen LogP contribution in [-0.2, 0) is 9.22 Å². The van der Waals surface area contributed by atoms with E-state index in [0.717, 1.165) is 13.0 Å². The molecule has 5 aliphatic rings. The first-order chi connectivity index (χ1) is 20.4. The Labute approximate surface area is 280 Å². The van der Waals surface area contributed by atoms with Crippen molar-refractivity contribution < 1.29 is 9.22 Å². The lowest BCUT2D eigenvalue weighted by Gasteiger charge is -2.71. The van der Waals surface area contributed by atoms with E-state index in [9.17, 15) is 4.79 Å². The summed E-state index contributed by atoms with van der Waals surface area (Å²) in [5.41, 5.74) is 8.66. The fourth-order valence-electron chi connectivity index (χ4n) is 11.5. The molecule has 45 heavy (non-hydrogen) atoms. The van der Waals surface area contributed by atoms with Crippen LogP contribution in [-0.4, -0.2) is 28.8 Å². The van der Waals surface area contributed by atoms with Crippen LogP contribution in [0.1, 0.15) is 121 Å². The largest absolute Gasteiger partial charge is 0.416 e. The molecule has 0 bridgehead atoms. The van der Waals surface area contributed by atoms with Crippen molar-refractivity contribution >= 4 is 22.2 Å². The molecule has 0 aliphatic heterocycles. The van der Waals surface area contributed by atoms with E-state index in [0.29, 0.717) is 30.0 Å². The predicted octanol–water partition coefficient (Wildman–Crippen LogP) is 11.4. The molecular weight excluding hydrogens is 581 g/mol. The van der Waals surface area contributed by atoms with E-state index in [4.69, 9.17) is 4.43 Å². The van der Waals surface area contributed by atoms with Crippen molar-refractivity contribution in [2.24, 2.45) is 50.7 Å². The Hall–Kier alpha value is -0.896. The molecule has 0 amide bonds. The van der Waals surface area contributed by atoms with Crippen LogP contribution in [0.3, 0.4) is 0 Å². The summed E-state index contributed by atoms with van der Waals surface area (Å²) in [4.78, 5) is 14.0. The molecule has 3 fully saturated rings. The van der Waals surface area contributed by atoms with Gasteiger partial charge in [-0.1, -0.05) is 106 Å². The summed E-state index contributed by atoms with van der Waals surface area (Å²) >= 11 is 0. The molecule has 252 valence electrons. The van der Waals surface area contributed by atoms with Gasteiger partial charge in [0, 0.05) is 29.4 Å². The molecular formula is C41H68O2Si2. The van der Waals surface area contributed by atoms with E-state index in [2.05, 4.69) is 120 Å². The molecule has 0 saturated heterocycles. The highest BCUT2D eigenvalue weighted by Crippen LogP contribution is 2.76. The minimum absolute atomic E-state index is 0.0970. The van der Waals surface area contributed by atoms with Crippen molar-refractivity contribution in [3.63, 3.8) is 0 Å². The quantitative estimate of drug-likeness (QED) is 0.224. The molecule has 0 radical (unpaired) electrons. The van der Waals surface area contributed by atoms with Crippen LogP contribution < -0.4 is 0 Å². The van der Waals surface area contributed by atoms with E-state index in [1.807, 2.05) is 0 Å². The Morgan fingerprint density at radius 1 is 0.911 bits per heavy atom. The number of Topliss-reactive ketones (excluding diaryl/α,β-unsaturated/α-hetero) is 1. The maximum atomic E-state index is 14.0. The van der Waals surface area contributed by atoms with Crippen molar-refractivity contribution in [2.45, 2.75) is 158 Å². The molecule has 0 aromatic heterocycles. The molecule has 0 aromatic carbocycles. The third-order valence-corrected chi connectivity index (χ3v) is 20.6. The second-order valence-corrected chi connectivity index (χ2v) is 30.1. The summed E-state index contributed by atoms with van der Waals surface area (Å²) in [6, 6.07) is 0. The summed E-state index contributed by atoms with van der Waals surface area (Å²) in [6.45, 7) is 37.2. The SMILES string of the molecule is CC(C)C1=C2[C@H]3CC[C@@H]4[C@@]5(C)CC=C(C#C[Si](C)(C)C)C(C)(C)[C@@H]5CC[C@@]4(C)[C@]3(C)CC[C@@]2(CO[Si](C)(C)C(C)(C)C)CC1=O. The Balaban J connectivity index is 1.54. The van der Waals surface area contributed by atoms with Gasteiger partial charge in [-0.15, -0.1) is 5.54 Å². The summed E-state index contributed by atoms with van der Waals surface area (Å²) in [5.74, 6) is 6.30. The van der Waals surface area contributed by atoms with E-state index in [1.165, 1.54) is 49.7 Å². The number of hydrogen-bond acceptors (Lipinski definition) is 2. The van der Waals surface area contributed by atoms with Crippen LogP contribution in [0, 0.1) is 62.2 Å². The van der Waals surface area contributed by atoms with Gasteiger partial charge in [0.15, 0.2) is 14.1 Å². The molecule has 5 aliphatic carbocycles. The van der Waals surface area contributed by atoms with Crippen LogP contribution >= 0.6 is 0 Å². The second kappa shape index (κ2) is 10.8. The monoisotopic (exact) mass is 648 g/mol. The Kier molecular flexibility index (Phi) is 8.50. The number of fused-ring (bicyclic) bond motifs is 7. The van der Waals surface area contributed by atoms with Crippen molar-refractivity contribution in [1.29, 1.82) is 0 Å². The molecule has 0 heterocycles. The third kappa shape index (κ3) is 5.31. The van der Waals surface area contributed by atoms with Gasteiger partial charge >= 0.3 is 0 Å². The lowest BCUT2D eigenvalue weighted by molar-refractivity contribution is -0.199. The van der Waals surface area contributed by atoms with E-state index in [-0.39, 0.29) is 38.0 Å². The number of ketones is 1. The zero-order valence-electron chi connectivity index (χ0n) is 32.1. The summed E-state index contributed by atoms with van der Waals surface area (Å²) in [5, 5.41) is 0.169. The number of rotatable bonds is 4. The lowest BCUT2D eigenvalue weighted by atomic mass is 9.33. The average molecular weight is 649 g/mol. The summed E-state index contributed by atoms with van der Waals surface area (Å²) in [6.07, 6.45) is 11.9. The maximum absolute atomic E-state index is 14.0. The van der Waals surface area contributed by atoms with Gasteiger partial charge in [-0.2, -0.15) is 0 Å². The highest BCUT2D eigenvalue weighted by Gasteiger charge is 2.69. The average Bonchev–Trinajstić information content (AvgIpc) is 3.18. The van der Waals surface area contributed by atoms with Gasteiger partial charge in [-0.25, -0.2) is 0 Å². The molecule has 0 N–H and O–H groups in total. The minimum atomic E-state index is -1.94. The Morgan fingerprint density at radius 2 is 1.56 bits per heavy atom. The van der Waals surface area contributed by atoms with Crippen molar-refractivity contribution in [2.75, 3.05) is 6.61 Å². The first-order valence-corrected chi connectivity index (χ1v) is 24.9. The zero-order valence-corrected chi connectivity index (χ0v) is 34.1. The molecule has 5 rings (SSSR count). The van der Waals surface area contributed by atoms with Crippen LogP contribution in [0.25, 0.3) is 0 Å². The van der Waals surface area contributed by atoms with Gasteiger partial charge in [0.2, 0.25) is 0 Å². The smallest absolute Gasteiger partial charge is 0.192 e. The number of allylic oxidation sites excluding steroid dienone is 3. The molecule has 0 spiro atoms. The second-order valence-electron chi connectivity index (χ2n) is 20.6. The van der Waals surface area contributed by atoms with Crippen molar-refractivity contribution in [3.05, 3.63) is 22.8 Å². The fourth-order valence-corrected chi connectivity index (χ4v) is 13.1. The first kappa shape index (κ1) is 35.4. The van der Waals surface area contributed by atoms with Crippen molar-refractivity contribution in [1.82, 2.24) is 0 Å². The van der Waals surface area contributed by atoms with Gasteiger partial charge < -0.3 is 4.43 Å². The topological polar surface area (TPSA) is 26.3 Å². The van der Waals surface area contributed by atoms with Gasteiger partial charge in [0.05, 0.1) is 0 Å². The van der Waals surface area contributed by atoms with E-state index < -0.39 is 16.4 Å². The number of hydrogen-bond donors (Lipinski definition) is 0. The van der Waals surface area contributed by atoms with Crippen LogP contribution in [0.4, 0.5) is 0 Å². The molecule has 0 aromatic rings. The van der Waals surface area contributed by atoms with Gasteiger partial charge in [0.25, 0.3) is 0 Å².